The average molecular weight is 306 g/mol. The first-order chi connectivity index (χ1) is 11.4. The minimum atomic E-state index is 0.686. The summed E-state index contributed by atoms with van der Waals surface area (Å²) in [6.07, 6.45) is 7.37. The molecule has 1 aromatic carbocycles. The molecule has 0 amide bonds. The van der Waals surface area contributed by atoms with Gasteiger partial charge < -0.3 is 4.98 Å². The van der Waals surface area contributed by atoms with Crippen LogP contribution >= 0.6 is 0 Å². The summed E-state index contributed by atoms with van der Waals surface area (Å²) >= 11 is 0. The number of likely N-dealkylation sites (tertiary alicyclic amines) is 1. The van der Waals surface area contributed by atoms with Gasteiger partial charge in [-0.15, -0.1) is 0 Å². The van der Waals surface area contributed by atoms with Crippen molar-refractivity contribution in [2.75, 3.05) is 13.1 Å². The first kappa shape index (κ1) is 14.4. The fourth-order valence-corrected chi connectivity index (χ4v) is 3.58. The van der Waals surface area contributed by atoms with Gasteiger partial charge in [0.2, 0.25) is 0 Å². The van der Waals surface area contributed by atoms with Gasteiger partial charge in [-0.2, -0.15) is 0 Å². The number of hydrogen-bond donors (Lipinski definition) is 1. The summed E-state index contributed by atoms with van der Waals surface area (Å²) in [7, 11) is 0. The highest BCUT2D eigenvalue weighted by molar-refractivity contribution is 5.74. The molecule has 118 valence electrons. The van der Waals surface area contributed by atoms with Crippen LogP contribution in [-0.4, -0.2) is 32.9 Å². The number of H-pyrrole nitrogens is 1. The number of imidazole rings is 1. The maximum atomic E-state index is 4.73. The lowest BCUT2D eigenvalue weighted by atomic mass is 9.94. The van der Waals surface area contributed by atoms with E-state index in [1.54, 1.807) is 0 Å². The van der Waals surface area contributed by atoms with Crippen LogP contribution < -0.4 is 0 Å². The van der Waals surface area contributed by atoms with Crippen molar-refractivity contribution in [1.29, 1.82) is 0 Å². The zero-order chi connectivity index (χ0) is 15.5. The summed E-state index contributed by atoms with van der Waals surface area (Å²) in [5, 5.41) is 0. The fourth-order valence-electron chi connectivity index (χ4n) is 3.58. The molecule has 3 heterocycles. The molecule has 3 aromatic rings. The van der Waals surface area contributed by atoms with Crippen LogP contribution in [0.1, 0.15) is 24.2 Å². The monoisotopic (exact) mass is 306 g/mol. The third kappa shape index (κ3) is 3.42. The van der Waals surface area contributed by atoms with E-state index in [9.17, 15) is 0 Å². The van der Waals surface area contributed by atoms with Crippen molar-refractivity contribution in [2.45, 2.75) is 25.8 Å². The minimum absolute atomic E-state index is 0.686. The minimum Gasteiger partial charge on any atom is -0.342 e. The summed E-state index contributed by atoms with van der Waals surface area (Å²) in [6.45, 7) is 3.37. The molecule has 1 fully saturated rings. The van der Waals surface area contributed by atoms with Crippen LogP contribution in [0.15, 0.2) is 48.8 Å². The van der Waals surface area contributed by atoms with Crippen LogP contribution in [0.2, 0.25) is 0 Å². The standard InChI is InChI=1S/C19H22N4/c1-2-6-18-17(5-1)21-19(22-18)12-16-4-3-11-23(14-16)13-15-7-9-20-10-8-15/h1-2,5-10,16H,3-4,11-14H2,(H,21,22). The second-order valence-electron chi connectivity index (χ2n) is 6.50. The van der Waals surface area contributed by atoms with Crippen molar-refractivity contribution in [3.63, 3.8) is 0 Å². The Morgan fingerprint density at radius 3 is 2.87 bits per heavy atom. The molecule has 1 saturated heterocycles. The molecule has 1 atom stereocenters. The van der Waals surface area contributed by atoms with Crippen molar-refractivity contribution in [3.8, 4) is 0 Å². The second kappa shape index (κ2) is 6.50. The quantitative estimate of drug-likeness (QED) is 0.803. The van der Waals surface area contributed by atoms with E-state index in [4.69, 9.17) is 4.98 Å². The van der Waals surface area contributed by atoms with E-state index < -0.39 is 0 Å². The molecule has 1 unspecified atom stereocenters. The van der Waals surface area contributed by atoms with Crippen LogP contribution in [0.25, 0.3) is 11.0 Å². The molecule has 4 heteroatoms. The lowest BCUT2D eigenvalue weighted by molar-refractivity contribution is 0.166. The zero-order valence-corrected chi connectivity index (χ0v) is 13.3. The van der Waals surface area contributed by atoms with E-state index in [1.165, 1.54) is 24.9 Å². The number of para-hydroxylation sites is 2. The highest BCUT2D eigenvalue weighted by atomic mass is 15.1. The average Bonchev–Trinajstić information content (AvgIpc) is 2.98. The van der Waals surface area contributed by atoms with Gasteiger partial charge in [0.05, 0.1) is 11.0 Å². The van der Waals surface area contributed by atoms with Gasteiger partial charge in [-0.05, 0) is 55.1 Å². The Kier molecular flexibility index (Phi) is 4.07. The molecule has 1 aliphatic rings. The molecule has 4 nitrogen and oxygen atoms in total. The van der Waals surface area contributed by atoms with E-state index in [1.807, 2.05) is 18.5 Å². The Morgan fingerprint density at radius 1 is 1.13 bits per heavy atom. The number of hydrogen-bond acceptors (Lipinski definition) is 3. The molecule has 2 aromatic heterocycles. The number of pyridine rings is 1. The Morgan fingerprint density at radius 2 is 2.00 bits per heavy atom. The lowest BCUT2D eigenvalue weighted by Gasteiger charge is -2.32. The smallest absolute Gasteiger partial charge is 0.107 e. The number of benzene rings is 1. The van der Waals surface area contributed by atoms with Crippen LogP contribution in [0.4, 0.5) is 0 Å². The summed E-state index contributed by atoms with van der Waals surface area (Å²) in [5.41, 5.74) is 3.57. The highest BCUT2D eigenvalue weighted by Crippen LogP contribution is 2.22. The van der Waals surface area contributed by atoms with Gasteiger partial charge >= 0.3 is 0 Å². The largest absolute Gasteiger partial charge is 0.342 e. The summed E-state index contributed by atoms with van der Waals surface area (Å²) < 4.78 is 0. The molecule has 1 N–H and O–H groups in total. The van der Waals surface area contributed by atoms with Crippen molar-refractivity contribution in [1.82, 2.24) is 19.9 Å². The van der Waals surface area contributed by atoms with E-state index >= 15 is 0 Å². The van der Waals surface area contributed by atoms with E-state index in [-0.39, 0.29) is 0 Å². The summed E-state index contributed by atoms with van der Waals surface area (Å²) in [4.78, 5) is 14.9. The molecule has 23 heavy (non-hydrogen) atoms. The van der Waals surface area contributed by atoms with Crippen LogP contribution in [0, 0.1) is 5.92 Å². The first-order valence-electron chi connectivity index (χ1n) is 8.42. The van der Waals surface area contributed by atoms with Crippen LogP contribution in [0.5, 0.6) is 0 Å². The maximum Gasteiger partial charge on any atom is 0.107 e. The predicted octanol–water partition coefficient (Wildman–Crippen LogP) is 3.41. The summed E-state index contributed by atoms with van der Waals surface area (Å²) in [6, 6.07) is 12.5. The Bertz CT molecular complexity index is 732. The van der Waals surface area contributed by atoms with Gasteiger partial charge in [0, 0.05) is 31.9 Å². The first-order valence-corrected chi connectivity index (χ1v) is 8.42. The van der Waals surface area contributed by atoms with Crippen molar-refractivity contribution >= 4 is 11.0 Å². The number of piperidine rings is 1. The van der Waals surface area contributed by atoms with Gasteiger partial charge in [-0.1, -0.05) is 12.1 Å². The topological polar surface area (TPSA) is 44.8 Å². The van der Waals surface area contributed by atoms with Gasteiger partial charge in [0.25, 0.3) is 0 Å². The molecule has 1 aliphatic heterocycles. The van der Waals surface area contributed by atoms with Crippen molar-refractivity contribution in [2.24, 2.45) is 5.92 Å². The Balaban J connectivity index is 1.41. The molecular formula is C19H22N4. The molecule has 0 saturated carbocycles. The maximum absolute atomic E-state index is 4.73. The second-order valence-corrected chi connectivity index (χ2v) is 6.50. The molecule has 0 spiro atoms. The van der Waals surface area contributed by atoms with E-state index in [0.29, 0.717) is 5.92 Å². The molecular weight excluding hydrogens is 284 g/mol. The van der Waals surface area contributed by atoms with Crippen molar-refractivity contribution in [3.05, 3.63) is 60.2 Å². The third-order valence-electron chi connectivity index (χ3n) is 4.68. The van der Waals surface area contributed by atoms with Gasteiger partial charge in [0.1, 0.15) is 5.82 Å². The SMILES string of the molecule is c1ccc2[nH]c(CC3CCCN(Cc4ccncc4)C3)nc2c1. The van der Waals surface area contributed by atoms with Gasteiger partial charge in [-0.3, -0.25) is 9.88 Å². The number of nitrogens with one attached hydrogen (secondary N) is 1. The number of fused-ring (bicyclic) bond motifs is 1. The normalized spacial score (nSPS) is 19.2. The predicted molar refractivity (Wildman–Crippen MR) is 92.0 cm³/mol. The number of aromatic amines is 1. The van der Waals surface area contributed by atoms with Crippen LogP contribution in [-0.2, 0) is 13.0 Å². The van der Waals surface area contributed by atoms with Crippen LogP contribution in [0.3, 0.4) is 0 Å². The summed E-state index contributed by atoms with van der Waals surface area (Å²) in [5.74, 6) is 1.81. The number of rotatable bonds is 4. The van der Waals surface area contributed by atoms with Gasteiger partial charge in [0.15, 0.2) is 0 Å². The Hall–Kier alpha value is -2.20. The number of nitrogens with zero attached hydrogens (tertiary/aromatic N) is 3. The van der Waals surface area contributed by atoms with E-state index in [2.05, 4.69) is 45.2 Å². The lowest BCUT2D eigenvalue weighted by Crippen LogP contribution is -2.35. The Labute approximate surface area is 136 Å². The van der Waals surface area contributed by atoms with Gasteiger partial charge in [-0.25, -0.2) is 4.98 Å². The third-order valence-corrected chi connectivity index (χ3v) is 4.68. The fraction of sp³-hybridized carbons (Fsp3) is 0.368. The number of aromatic nitrogens is 3. The molecule has 4 rings (SSSR count). The molecule has 0 aliphatic carbocycles. The highest BCUT2D eigenvalue weighted by Gasteiger charge is 2.21. The zero-order valence-electron chi connectivity index (χ0n) is 13.3. The van der Waals surface area contributed by atoms with E-state index in [0.717, 1.165) is 36.4 Å². The molecule has 0 bridgehead atoms. The molecule has 0 radical (unpaired) electrons. The van der Waals surface area contributed by atoms with Crippen molar-refractivity contribution < 1.29 is 0 Å².